The number of aryl methyl sites for hydroxylation is 1. The summed E-state index contributed by atoms with van der Waals surface area (Å²) in [4.78, 5) is 0. The quantitative estimate of drug-likeness (QED) is 0.754. The summed E-state index contributed by atoms with van der Waals surface area (Å²) in [6.45, 7) is 2.23. The molecule has 0 saturated carbocycles. The van der Waals surface area contributed by atoms with E-state index in [1.54, 1.807) is 0 Å². The molecule has 0 amide bonds. The molecule has 0 bridgehead atoms. The highest BCUT2D eigenvalue weighted by Crippen LogP contribution is 2.49. The van der Waals surface area contributed by atoms with E-state index in [0.29, 0.717) is 17.9 Å². The molecule has 0 aromatic heterocycles. The van der Waals surface area contributed by atoms with Gasteiger partial charge in [0.1, 0.15) is 0 Å². The van der Waals surface area contributed by atoms with Crippen molar-refractivity contribution < 1.29 is 0 Å². The van der Waals surface area contributed by atoms with E-state index in [9.17, 15) is 0 Å². The van der Waals surface area contributed by atoms with Gasteiger partial charge in [0.2, 0.25) is 0 Å². The summed E-state index contributed by atoms with van der Waals surface area (Å²) >= 11 is 0. The van der Waals surface area contributed by atoms with Crippen LogP contribution in [0.4, 0.5) is 5.69 Å². The summed E-state index contributed by atoms with van der Waals surface area (Å²) in [6, 6.07) is 18.2. The second-order valence-electron chi connectivity index (χ2n) is 6.16. The molecule has 0 radical (unpaired) electrons. The molecule has 106 valence electrons. The molecule has 21 heavy (non-hydrogen) atoms. The fourth-order valence-corrected chi connectivity index (χ4v) is 3.85. The van der Waals surface area contributed by atoms with Crippen LogP contribution in [0.15, 0.2) is 60.7 Å². The average molecular weight is 275 g/mol. The Bertz CT molecular complexity index is 671. The van der Waals surface area contributed by atoms with Crippen molar-refractivity contribution in [2.75, 3.05) is 5.32 Å². The van der Waals surface area contributed by atoms with E-state index in [-0.39, 0.29) is 0 Å². The van der Waals surface area contributed by atoms with Crippen LogP contribution in [0.1, 0.15) is 42.0 Å². The van der Waals surface area contributed by atoms with Crippen molar-refractivity contribution in [2.45, 2.75) is 31.7 Å². The molecular formula is C20H21N. The van der Waals surface area contributed by atoms with E-state index in [1.807, 2.05) is 0 Å². The second kappa shape index (κ2) is 5.07. The van der Waals surface area contributed by atoms with Crippen LogP contribution in [-0.4, -0.2) is 0 Å². The van der Waals surface area contributed by atoms with Gasteiger partial charge in [0.05, 0.1) is 6.04 Å². The smallest absolute Gasteiger partial charge is 0.0553 e. The third-order valence-corrected chi connectivity index (χ3v) is 4.99. The van der Waals surface area contributed by atoms with E-state index < -0.39 is 0 Å². The van der Waals surface area contributed by atoms with Crippen LogP contribution < -0.4 is 5.32 Å². The SMILES string of the molecule is CCc1ccc2c(c1)[C@@H]1C=CC[C@H]1[C@@H](c1ccccc1)N2. The first-order valence-electron chi connectivity index (χ1n) is 7.98. The number of hydrogen-bond donors (Lipinski definition) is 1. The van der Waals surface area contributed by atoms with Gasteiger partial charge in [-0.25, -0.2) is 0 Å². The van der Waals surface area contributed by atoms with E-state index in [1.165, 1.54) is 28.8 Å². The van der Waals surface area contributed by atoms with Crippen LogP contribution in [0.5, 0.6) is 0 Å². The lowest BCUT2D eigenvalue weighted by molar-refractivity contribution is 0.425. The minimum absolute atomic E-state index is 0.422. The van der Waals surface area contributed by atoms with Crippen molar-refractivity contribution in [2.24, 2.45) is 5.92 Å². The van der Waals surface area contributed by atoms with Crippen molar-refractivity contribution in [3.8, 4) is 0 Å². The second-order valence-corrected chi connectivity index (χ2v) is 6.16. The maximum atomic E-state index is 3.80. The van der Waals surface area contributed by atoms with E-state index >= 15 is 0 Å². The zero-order chi connectivity index (χ0) is 14.2. The standard InChI is InChI=1S/C20H21N/c1-2-14-11-12-19-18(13-14)16-9-6-10-17(16)20(21-19)15-7-4-3-5-8-15/h3-9,11-13,16-17,20-21H,2,10H2,1H3/t16-,17-,20-/m1/s1. The molecule has 1 heterocycles. The number of nitrogens with one attached hydrogen (secondary N) is 1. The summed E-state index contributed by atoms with van der Waals surface area (Å²) in [6.07, 6.45) is 7.06. The van der Waals surface area contributed by atoms with Gasteiger partial charge in [-0.2, -0.15) is 0 Å². The van der Waals surface area contributed by atoms with Crippen LogP contribution in [0.2, 0.25) is 0 Å². The summed E-state index contributed by atoms with van der Waals surface area (Å²) in [5, 5.41) is 3.80. The highest BCUT2D eigenvalue weighted by Gasteiger charge is 2.37. The van der Waals surface area contributed by atoms with Crippen LogP contribution in [-0.2, 0) is 6.42 Å². The number of allylic oxidation sites excluding steroid dienone is 2. The van der Waals surface area contributed by atoms with Gasteiger partial charge in [0, 0.05) is 11.6 Å². The molecule has 4 rings (SSSR count). The molecule has 1 N–H and O–H groups in total. The third kappa shape index (κ3) is 2.08. The minimum Gasteiger partial charge on any atom is -0.378 e. The van der Waals surface area contributed by atoms with Crippen molar-refractivity contribution in [3.05, 3.63) is 77.4 Å². The van der Waals surface area contributed by atoms with Crippen LogP contribution in [0, 0.1) is 5.92 Å². The van der Waals surface area contributed by atoms with Gasteiger partial charge in [-0.05, 0) is 41.5 Å². The Morgan fingerprint density at radius 2 is 1.95 bits per heavy atom. The third-order valence-electron chi connectivity index (χ3n) is 4.99. The lowest BCUT2D eigenvalue weighted by atomic mass is 9.76. The lowest BCUT2D eigenvalue weighted by Crippen LogP contribution is -2.29. The number of anilines is 1. The zero-order valence-electron chi connectivity index (χ0n) is 12.4. The maximum absolute atomic E-state index is 3.80. The average Bonchev–Trinajstić information content (AvgIpc) is 3.04. The fraction of sp³-hybridized carbons (Fsp3) is 0.300. The lowest BCUT2D eigenvalue weighted by Gasteiger charge is -2.37. The molecule has 1 nitrogen and oxygen atoms in total. The molecule has 0 fully saturated rings. The molecule has 1 heteroatoms. The topological polar surface area (TPSA) is 12.0 Å². The monoisotopic (exact) mass is 275 g/mol. The predicted molar refractivity (Wildman–Crippen MR) is 88.6 cm³/mol. The van der Waals surface area contributed by atoms with Gasteiger partial charge >= 0.3 is 0 Å². The van der Waals surface area contributed by atoms with Gasteiger partial charge in [-0.15, -0.1) is 0 Å². The molecule has 3 atom stereocenters. The van der Waals surface area contributed by atoms with Crippen LogP contribution >= 0.6 is 0 Å². The summed E-state index contributed by atoms with van der Waals surface area (Å²) in [5.74, 6) is 1.21. The van der Waals surface area contributed by atoms with E-state index in [4.69, 9.17) is 0 Å². The van der Waals surface area contributed by atoms with Crippen molar-refractivity contribution in [1.82, 2.24) is 0 Å². The Hall–Kier alpha value is -2.02. The van der Waals surface area contributed by atoms with Gasteiger partial charge < -0.3 is 5.32 Å². The molecule has 0 spiro atoms. The fourth-order valence-electron chi connectivity index (χ4n) is 3.85. The Kier molecular flexibility index (Phi) is 3.07. The first-order chi connectivity index (χ1) is 10.4. The highest BCUT2D eigenvalue weighted by molar-refractivity contribution is 5.60. The number of hydrogen-bond acceptors (Lipinski definition) is 1. The summed E-state index contributed by atoms with van der Waals surface area (Å²) in [5.41, 5.74) is 5.64. The molecule has 1 aliphatic carbocycles. The highest BCUT2D eigenvalue weighted by atomic mass is 15.0. The van der Waals surface area contributed by atoms with Crippen molar-refractivity contribution in [3.63, 3.8) is 0 Å². The Labute approximate surface area is 126 Å². The van der Waals surface area contributed by atoms with Crippen LogP contribution in [0.25, 0.3) is 0 Å². The predicted octanol–water partition coefficient (Wildman–Crippen LogP) is 5.08. The normalized spacial score (nSPS) is 26.0. The Balaban J connectivity index is 1.78. The first-order valence-corrected chi connectivity index (χ1v) is 7.98. The summed E-state index contributed by atoms with van der Waals surface area (Å²) < 4.78 is 0. The van der Waals surface area contributed by atoms with Gasteiger partial charge in [-0.1, -0.05) is 61.5 Å². The zero-order valence-corrected chi connectivity index (χ0v) is 12.4. The maximum Gasteiger partial charge on any atom is 0.0553 e. The molecule has 0 unspecified atom stereocenters. The van der Waals surface area contributed by atoms with Crippen LogP contribution in [0.3, 0.4) is 0 Å². The molecular weight excluding hydrogens is 254 g/mol. The number of rotatable bonds is 2. The van der Waals surface area contributed by atoms with E-state index in [0.717, 1.165) is 6.42 Å². The molecule has 2 aromatic rings. The van der Waals surface area contributed by atoms with E-state index in [2.05, 4.69) is 72.9 Å². The molecule has 1 aliphatic heterocycles. The van der Waals surface area contributed by atoms with Crippen molar-refractivity contribution >= 4 is 5.69 Å². The number of benzene rings is 2. The van der Waals surface area contributed by atoms with Crippen molar-refractivity contribution in [1.29, 1.82) is 0 Å². The van der Waals surface area contributed by atoms with Gasteiger partial charge in [0.25, 0.3) is 0 Å². The van der Waals surface area contributed by atoms with Gasteiger partial charge in [-0.3, -0.25) is 0 Å². The Morgan fingerprint density at radius 3 is 2.76 bits per heavy atom. The summed E-state index contributed by atoms with van der Waals surface area (Å²) in [7, 11) is 0. The molecule has 2 aromatic carbocycles. The number of fused-ring (bicyclic) bond motifs is 3. The molecule has 2 aliphatic rings. The molecule has 0 saturated heterocycles. The minimum atomic E-state index is 0.422. The largest absolute Gasteiger partial charge is 0.378 e. The van der Waals surface area contributed by atoms with Gasteiger partial charge in [0.15, 0.2) is 0 Å². The Morgan fingerprint density at radius 1 is 1.10 bits per heavy atom. The first kappa shape index (κ1) is 12.7.